The summed E-state index contributed by atoms with van der Waals surface area (Å²) in [5.41, 5.74) is 0.759. The van der Waals surface area contributed by atoms with Gasteiger partial charge in [0.2, 0.25) is 5.91 Å². The number of thioether (sulfide) groups is 1. The average molecular weight is 321 g/mol. The predicted octanol–water partition coefficient (Wildman–Crippen LogP) is 3.56. The topological polar surface area (TPSA) is 41.1 Å². The number of hydrogen-bond donors (Lipinski definition) is 2. The molecule has 1 aliphatic heterocycles. The van der Waals surface area contributed by atoms with Crippen molar-refractivity contribution in [3.63, 3.8) is 0 Å². The molecule has 1 aromatic rings. The highest BCUT2D eigenvalue weighted by Gasteiger charge is 2.20. The third-order valence-electron chi connectivity index (χ3n) is 3.05. The number of piperidine rings is 1. The van der Waals surface area contributed by atoms with Crippen molar-refractivity contribution in [3.8, 4) is 0 Å². The van der Waals surface area contributed by atoms with Crippen molar-refractivity contribution in [2.24, 2.45) is 0 Å². The van der Waals surface area contributed by atoms with Crippen LogP contribution in [0, 0.1) is 0 Å². The summed E-state index contributed by atoms with van der Waals surface area (Å²) in [5, 5.41) is 6.81. The van der Waals surface area contributed by atoms with E-state index in [2.05, 4.69) is 10.6 Å². The molecule has 106 valence electrons. The molecule has 3 nitrogen and oxygen atoms in total. The summed E-state index contributed by atoms with van der Waals surface area (Å²) in [6.07, 6.45) is 5.14. The van der Waals surface area contributed by atoms with E-state index >= 15 is 0 Å². The third-order valence-corrected chi connectivity index (χ3v) is 4.27. The van der Waals surface area contributed by atoms with Crippen LogP contribution >= 0.6 is 35.8 Å². The monoisotopic (exact) mass is 320 g/mol. The largest absolute Gasteiger partial charge is 0.325 e. The van der Waals surface area contributed by atoms with Gasteiger partial charge < -0.3 is 10.6 Å². The van der Waals surface area contributed by atoms with Crippen LogP contribution in [0.15, 0.2) is 23.1 Å². The number of rotatable bonds is 3. The van der Waals surface area contributed by atoms with E-state index in [0.29, 0.717) is 5.02 Å². The first-order chi connectivity index (χ1) is 8.70. The fourth-order valence-electron chi connectivity index (χ4n) is 2.05. The number of hydrogen-bond acceptors (Lipinski definition) is 3. The Kier molecular flexibility index (Phi) is 7.00. The van der Waals surface area contributed by atoms with Gasteiger partial charge in [-0.15, -0.1) is 24.2 Å². The quantitative estimate of drug-likeness (QED) is 0.836. The van der Waals surface area contributed by atoms with Crippen LogP contribution < -0.4 is 10.6 Å². The number of amides is 1. The third kappa shape index (κ3) is 4.56. The molecular formula is C13H18Cl2N2OS. The molecule has 0 saturated carbocycles. The Morgan fingerprint density at radius 2 is 2.26 bits per heavy atom. The molecular weight excluding hydrogens is 303 g/mol. The Bertz CT molecular complexity index is 437. The molecule has 0 radical (unpaired) electrons. The van der Waals surface area contributed by atoms with Gasteiger partial charge in [-0.2, -0.15) is 0 Å². The minimum atomic E-state index is -0.0715. The lowest BCUT2D eigenvalue weighted by atomic mass is 10.0. The van der Waals surface area contributed by atoms with Crippen LogP contribution in [0.3, 0.4) is 0 Å². The summed E-state index contributed by atoms with van der Waals surface area (Å²) in [5.74, 6) is 0.0302. The number of halogens is 2. The van der Waals surface area contributed by atoms with E-state index in [1.807, 2.05) is 18.4 Å². The molecule has 1 aliphatic rings. The standard InChI is InChI=1S/C13H17ClN2OS.ClH/c1-18-12-6-5-9(8-10(12)14)16-13(17)11-4-2-3-7-15-11;/h5-6,8,11,15H,2-4,7H2,1H3,(H,16,17);1H. The maximum Gasteiger partial charge on any atom is 0.241 e. The molecule has 2 N–H and O–H groups in total. The Labute approximate surface area is 129 Å². The maximum absolute atomic E-state index is 12.0. The summed E-state index contributed by atoms with van der Waals surface area (Å²) in [6, 6.07) is 5.54. The number of nitrogens with one attached hydrogen (secondary N) is 2. The summed E-state index contributed by atoms with van der Waals surface area (Å²) < 4.78 is 0. The SMILES string of the molecule is CSc1ccc(NC(=O)C2CCCCN2)cc1Cl.Cl. The zero-order valence-electron chi connectivity index (χ0n) is 10.7. The van der Waals surface area contributed by atoms with Crippen molar-refractivity contribution in [1.82, 2.24) is 5.32 Å². The van der Waals surface area contributed by atoms with Gasteiger partial charge in [-0.1, -0.05) is 18.0 Å². The second-order valence-electron chi connectivity index (χ2n) is 4.34. The Hall–Kier alpha value is -0.420. The van der Waals surface area contributed by atoms with Crippen LogP contribution in [0.1, 0.15) is 19.3 Å². The van der Waals surface area contributed by atoms with Crippen molar-refractivity contribution >= 4 is 47.4 Å². The first-order valence-electron chi connectivity index (χ1n) is 6.08. The highest BCUT2D eigenvalue weighted by Crippen LogP contribution is 2.28. The molecule has 1 heterocycles. The molecule has 1 unspecified atom stereocenters. The average Bonchev–Trinajstić information content (AvgIpc) is 2.40. The second kappa shape index (κ2) is 8.00. The van der Waals surface area contributed by atoms with Crippen molar-refractivity contribution in [2.75, 3.05) is 18.1 Å². The Morgan fingerprint density at radius 1 is 1.47 bits per heavy atom. The van der Waals surface area contributed by atoms with Crippen molar-refractivity contribution in [2.45, 2.75) is 30.2 Å². The van der Waals surface area contributed by atoms with E-state index in [-0.39, 0.29) is 24.4 Å². The lowest BCUT2D eigenvalue weighted by Crippen LogP contribution is -2.43. The number of benzene rings is 1. The molecule has 19 heavy (non-hydrogen) atoms. The molecule has 1 atom stereocenters. The van der Waals surface area contributed by atoms with Gasteiger partial charge >= 0.3 is 0 Å². The smallest absolute Gasteiger partial charge is 0.241 e. The molecule has 0 aliphatic carbocycles. The molecule has 1 aromatic carbocycles. The van der Waals surface area contributed by atoms with Gasteiger partial charge in [0.1, 0.15) is 0 Å². The first-order valence-corrected chi connectivity index (χ1v) is 7.69. The van der Waals surface area contributed by atoms with E-state index in [0.717, 1.165) is 36.4 Å². The van der Waals surface area contributed by atoms with Gasteiger partial charge in [0.15, 0.2) is 0 Å². The van der Waals surface area contributed by atoms with Crippen LogP contribution in [0.4, 0.5) is 5.69 Å². The van der Waals surface area contributed by atoms with Gasteiger partial charge in [0.25, 0.3) is 0 Å². The zero-order valence-corrected chi connectivity index (χ0v) is 13.1. The van der Waals surface area contributed by atoms with Gasteiger partial charge in [0, 0.05) is 10.6 Å². The summed E-state index contributed by atoms with van der Waals surface area (Å²) in [4.78, 5) is 13.0. The minimum Gasteiger partial charge on any atom is -0.325 e. The predicted molar refractivity (Wildman–Crippen MR) is 84.8 cm³/mol. The van der Waals surface area contributed by atoms with Crippen molar-refractivity contribution in [1.29, 1.82) is 0 Å². The second-order valence-corrected chi connectivity index (χ2v) is 5.60. The van der Waals surface area contributed by atoms with Crippen LogP contribution in [0.2, 0.25) is 5.02 Å². The molecule has 1 fully saturated rings. The highest BCUT2D eigenvalue weighted by molar-refractivity contribution is 7.98. The van der Waals surface area contributed by atoms with Gasteiger partial charge in [0.05, 0.1) is 11.1 Å². The van der Waals surface area contributed by atoms with E-state index in [1.54, 1.807) is 17.8 Å². The lowest BCUT2D eigenvalue weighted by molar-refractivity contribution is -0.118. The van der Waals surface area contributed by atoms with Gasteiger partial charge in [-0.3, -0.25) is 4.79 Å². The molecule has 0 bridgehead atoms. The zero-order chi connectivity index (χ0) is 13.0. The summed E-state index contributed by atoms with van der Waals surface area (Å²) in [7, 11) is 0. The fraction of sp³-hybridized carbons (Fsp3) is 0.462. The first kappa shape index (κ1) is 16.6. The summed E-state index contributed by atoms with van der Waals surface area (Å²) in [6.45, 7) is 0.921. The van der Waals surface area contributed by atoms with E-state index < -0.39 is 0 Å². The van der Waals surface area contributed by atoms with E-state index in [1.165, 1.54) is 0 Å². The summed E-state index contributed by atoms with van der Waals surface area (Å²) >= 11 is 7.71. The molecule has 0 aromatic heterocycles. The fourth-order valence-corrected chi connectivity index (χ4v) is 2.92. The van der Waals surface area contributed by atoms with Crippen LogP contribution in [-0.4, -0.2) is 24.7 Å². The van der Waals surface area contributed by atoms with Crippen molar-refractivity contribution in [3.05, 3.63) is 23.2 Å². The van der Waals surface area contributed by atoms with Gasteiger partial charge in [-0.05, 0) is 43.8 Å². The Morgan fingerprint density at radius 3 is 2.84 bits per heavy atom. The molecule has 1 saturated heterocycles. The lowest BCUT2D eigenvalue weighted by Gasteiger charge is -2.22. The highest BCUT2D eigenvalue weighted by atomic mass is 35.5. The number of carbonyl (C=O) groups excluding carboxylic acids is 1. The maximum atomic E-state index is 12.0. The normalized spacial score (nSPS) is 18.5. The van der Waals surface area contributed by atoms with E-state index in [9.17, 15) is 4.79 Å². The molecule has 6 heteroatoms. The number of carbonyl (C=O) groups is 1. The number of anilines is 1. The van der Waals surface area contributed by atoms with Crippen LogP contribution in [-0.2, 0) is 4.79 Å². The van der Waals surface area contributed by atoms with Crippen LogP contribution in [0.5, 0.6) is 0 Å². The Balaban J connectivity index is 0.00000180. The van der Waals surface area contributed by atoms with Gasteiger partial charge in [-0.25, -0.2) is 0 Å². The van der Waals surface area contributed by atoms with E-state index in [4.69, 9.17) is 11.6 Å². The molecule has 1 amide bonds. The molecule has 2 rings (SSSR count). The van der Waals surface area contributed by atoms with Crippen LogP contribution in [0.25, 0.3) is 0 Å². The van der Waals surface area contributed by atoms with Crippen molar-refractivity contribution < 1.29 is 4.79 Å². The minimum absolute atomic E-state index is 0. The molecule has 0 spiro atoms.